The highest BCUT2D eigenvalue weighted by atomic mass is 16.1. The second kappa shape index (κ2) is 6.58. The van der Waals surface area contributed by atoms with E-state index in [0.29, 0.717) is 6.04 Å². The van der Waals surface area contributed by atoms with E-state index in [1.807, 2.05) is 12.1 Å². The van der Waals surface area contributed by atoms with Gasteiger partial charge in [0.25, 0.3) is 5.91 Å². The first-order chi connectivity index (χ1) is 10.2. The van der Waals surface area contributed by atoms with Crippen LogP contribution in [0.3, 0.4) is 0 Å². The molecule has 1 saturated heterocycles. The van der Waals surface area contributed by atoms with Crippen LogP contribution in [0.5, 0.6) is 0 Å². The zero-order chi connectivity index (χ0) is 14.7. The highest BCUT2D eigenvalue weighted by Crippen LogP contribution is 2.16. The molecule has 2 N–H and O–H groups in total. The molecule has 2 aliphatic heterocycles. The smallest absolute Gasteiger partial charge is 0.251 e. The monoisotopic (exact) mass is 287 g/mol. The van der Waals surface area contributed by atoms with Crippen LogP contribution in [-0.2, 0) is 13.0 Å². The largest absolute Gasteiger partial charge is 0.350 e. The maximum Gasteiger partial charge on any atom is 0.251 e. The van der Waals surface area contributed by atoms with Gasteiger partial charge in [0.2, 0.25) is 0 Å². The number of likely N-dealkylation sites (tertiary alicyclic amines) is 1. The highest BCUT2D eigenvalue weighted by Gasteiger charge is 2.19. The summed E-state index contributed by atoms with van der Waals surface area (Å²) in [4.78, 5) is 14.8. The number of benzene rings is 1. The molecule has 2 aliphatic rings. The second-order valence-electron chi connectivity index (χ2n) is 6.21. The molecule has 2 heterocycles. The number of nitrogens with one attached hydrogen (secondary N) is 2. The summed E-state index contributed by atoms with van der Waals surface area (Å²) in [6, 6.07) is 6.53. The van der Waals surface area contributed by atoms with Crippen LogP contribution in [0.15, 0.2) is 18.2 Å². The standard InChI is InChI=1S/C17H25N3O/c1-13(20-8-2-3-9-20)11-19-17(21)15-5-4-14-6-7-18-12-16(14)10-15/h4-5,10,13,18H,2-3,6-9,11-12H2,1H3,(H,19,21). The Balaban J connectivity index is 1.57. The minimum Gasteiger partial charge on any atom is -0.350 e. The van der Waals surface area contributed by atoms with Crippen molar-refractivity contribution in [1.29, 1.82) is 0 Å². The second-order valence-corrected chi connectivity index (χ2v) is 6.21. The predicted octanol–water partition coefficient (Wildman–Crippen LogP) is 1.55. The Bertz CT molecular complexity index is 509. The third kappa shape index (κ3) is 3.44. The topological polar surface area (TPSA) is 44.4 Å². The van der Waals surface area contributed by atoms with Gasteiger partial charge in [-0.15, -0.1) is 0 Å². The quantitative estimate of drug-likeness (QED) is 0.883. The van der Waals surface area contributed by atoms with Crippen molar-refractivity contribution in [3.8, 4) is 0 Å². The van der Waals surface area contributed by atoms with Crippen molar-refractivity contribution in [3.63, 3.8) is 0 Å². The fraction of sp³-hybridized carbons (Fsp3) is 0.588. The van der Waals surface area contributed by atoms with E-state index >= 15 is 0 Å². The fourth-order valence-corrected chi connectivity index (χ4v) is 3.28. The summed E-state index contributed by atoms with van der Waals surface area (Å²) in [5, 5.41) is 6.44. The molecule has 0 radical (unpaired) electrons. The minimum absolute atomic E-state index is 0.0504. The number of amides is 1. The Morgan fingerprint density at radius 1 is 1.33 bits per heavy atom. The molecule has 0 saturated carbocycles. The van der Waals surface area contributed by atoms with Gasteiger partial charge in [-0.3, -0.25) is 9.69 Å². The number of nitrogens with zero attached hydrogens (tertiary/aromatic N) is 1. The van der Waals surface area contributed by atoms with E-state index in [4.69, 9.17) is 0 Å². The molecule has 1 amide bonds. The Morgan fingerprint density at radius 3 is 2.95 bits per heavy atom. The van der Waals surface area contributed by atoms with E-state index in [0.717, 1.165) is 31.6 Å². The molecule has 114 valence electrons. The van der Waals surface area contributed by atoms with Crippen molar-refractivity contribution in [1.82, 2.24) is 15.5 Å². The van der Waals surface area contributed by atoms with Crippen LogP contribution in [-0.4, -0.2) is 43.0 Å². The molecule has 4 nitrogen and oxygen atoms in total. The number of hydrogen-bond donors (Lipinski definition) is 2. The van der Waals surface area contributed by atoms with Gasteiger partial charge in [-0.1, -0.05) is 6.07 Å². The Morgan fingerprint density at radius 2 is 2.14 bits per heavy atom. The van der Waals surface area contributed by atoms with E-state index in [1.165, 1.54) is 37.1 Å². The molecule has 0 spiro atoms. The molecular formula is C17H25N3O. The molecule has 0 aliphatic carbocycles. The first kappa shape index (κ1) is 14.5. The summed E-state index contributed by atoms with van der Waals surface area (Å²) >= 11 is 0. The van der Waals surface area contributed by atoms with Crippen LogP contribution in [0.4, 0.5) is 0 Å². The Hall–Kier alpha value is -1.39. The lowest BCUT2D eigenvalue weighted by molar-refractivity contribution is 0.0940. The third-order valence-electron chi connectivity index (χ3n) is 4.68. The summed E-state index contributed by atoms with van der Waals surface area (Å²) in [5.41, 5.74) is 3.42. The van der Waals surface area contributed by atoms with Crippen LogP contribution in [0, 0.1) is 0 Å². The lowest BCUT2D eigenvalue weighted by Crippen LogP contribution is -2.40. The Kier molecular flexibility index (Phi) is 4.56. The van der Waals surface area contributed by atoms with Crippen LogP contribution in [0.25, 0.3) is 0 Å². The molecule has 1 aromatic rings. The van der Waals surface area contributed by atoms with Crippen molar-refractivity contribution in [2.24, 2.45) is 0 Å². The fourth-order valence-electron chi connectivity index (χ4n) is 3.28. The molecular weight excluding hydrogens is 262 g/mol. The van der Waals surface area contributed by atoms with Crippen LogP contribution < -0.4 is 10.6 Å². The Labute approximate surface area is 126 Å². The van der Waals surface area contributed by atoms with Crippen LogP contribution in [0.1, 0.15) is 41.3 Å². The normalized spacial score (nSPS) is 20.0. The average Bonchev–Trinajstić information content (AvgIpc) is 3.06. The maximum absolute atomic E-state index is 12.3. The number of fused-ring (bicyclic) bond motifs is 1. The summed E-state index contributed by atoms with van der Waals surface area (Å²) in [6.45, 7) is 7.17. The highest BCUT2D eigenvalue weighted by molar-refractivity contribution is 5.94. The minimum atomic E-state index is 0.0504. The summed E-state index contributed by atoms with van der Waals surface area (Å²) < 4.78 is 0. The first-order valence-corrected chi connectivity index (χ1v) is 8.09. The van der Waals surface area contributed by atoms with Crippen molar-refractivity contribution < 1.29 is 4.79 Å². The van der Waals surface area contributed by atoms with Crippen molar-refractivity contribution >= 4 is 5.91 Å². The third-order valence-corrected chi connectivity index (χ3v) is 4.68. The zero-order valence-corrected chi connectivity index (χ0v) is 12.8. The van der Waals surface area contributed by atoms with Crippen LogP contribution in [0.2, 0.25) is 0 Å². The van der Waals surface area contributed by atoms with E-state index < -0.39 is 0 Å². The summed E-state index contributed by atoms with van der Waals surface area (Å²) in [6.07, 6.45) is 3.63. The van der Waals surface area contributed by atoms with E-state index in [2.05, 4.69) is 28.5 Å². The lowest BCUT2D eigenvalue weighted by atomic mass is 9.98. The molecule has 1 aromatic carbocycles. The summed E-state index contributed by atoms with van der Waals surface area (Å²) in [5.74, 6) is 0.0504. The van der Waals surface area contributed by atoms with Gasteiger partial charge in [0.15, 0.2) is 0 Å². The zero-order valence-electron chi connectivity index (χ0n) is 12.8. The van der Waals surface area contributed by atoms with E-state index in [9.17, 15) is 4.79 Å². The van der Waals surface area contributed by atoms with Crippen LogP contribution >= 0.6 is 0 Å². The predicted molar refractivity (Wildman–Crippen MR) is 84.5 cm³/mol. The summed E-state index contributed by atoms with van der Waals surface area (Å²) in [7, 11) is 0. The molecule has 21 heavy (non-hydrogen) atoms. The van der Waals surface area contributed by atoms with Crippen molar-refractivity contribution in [3.05, 3.63) is 34.9 Å². The number of carbonyl (C=O) groups excluding carboxylic acids is 1. The average molecular weight is 287 g/mol. The van der Waals surface area contributed by atoms with Gasteiger partial charge in [-0.2, -0.15) is 0 Å². The van der Waals surface area contributed by atoms with Gasteiger partial charge in [-0.25, -0.2) is 0 Å². The maximum atomic E-state index is 12.3. The van der Waals surface area contributed by atoms with Gasteiger partial charge < -0.3 is 10.6 Å². The van der Waals surface area contributed by atoms with E-state index in [-0.39, 0.29) is 5.91 Å². The van der Waals surface area contributed by atoms with Gasteiger partial charge in [0, 0.05) is 24.7 Å². The molecule has 0 bridgehead atoms. The first-order valence-electron chi connectivity index (χ1n) is 8.09. The lowest BCUT2D eigenvalue weighted by Gasteiger charge is -2.24. The van der Waals surface area contributed by atoms with Gasteiger partial charge in [0.1, 0.15) is 0 Å². The van der Waals surface area contributed by atoms with E-state index in [1.54, 1.807) is 0 Å². The molecule has 3 rings (SSSR count). The number of rotatable bonds is 4. The van der Waals surface area contributed by atoms with Crippen molar-refractivity contribution in [2.45, 2.75) is 38.8 Å². The van der Waals surface area contributed by atoms with Crippen molar-refractivity contribution in [2.75, 3.05) is 26.2 Å². The van der Waals surface area contributed by atoms with Gasteiger partial charge >= 0.3 is 0 Å². The number of carbonyl (C=O) groups is 1. The SMILES string of the molecule is CC(CNC(=O)c1ccc2c(c1)CNCC2)N1CCCC1. The molecule has 0 aromatic heterocycles. The molecule has 1 atom stereocenters. The molecule has 1 fully saturated rings. The molecule has 4 heteroatoms. The van der Waals surface area contributed by atoms with Gasteiger partial charge in [-0.05, 0) is 69.1 Å². The van der Waals surface area contributed by atoms with Gasteiger partial charge in [0.05, 0.1) is 0 Å². The molecule has 1 unspecified atom stereocenters. The number of hydrogen-bond acceptors (Lipinski definition) is 3.